The molecule has 32 heavy (non-hydrogen) atoms. The van der Waals surface area contributed by atoms with Crippen LogP contribution in [0.1, 0.15) is 37.3 Å². The highest BCUT2D eigenvalue weighted by Gasteiger charge is 2.42. The summed E-state index contributed by atoms with van der Waals surface area (Å²) in [5, 5.41) is 3.22. The van der Waals surface area contributed by atoms with Crippen LogP contribution in [0, 0.1) is 0 Å². The number of methoxy groups -OCH3 is 3. The van der Waals surface area contributed by atoms with Crippen LogP contribution in [-0.2, 0) is 14.3 Å². The zero-order valence-corrected chi connectivity index (χ0v) is 18.9. The molecular formula is C25H31NO6. The molecule has 2 aliphatic rings. The number of rotatable bonds is 7. The Kier molecular flexibility index (Phi) is 6.86. The van der Waals surface area contributed by atoms with Gasteiger partial charge in [0.1, 0.15) is 11.4 Å². The molecular weight excluding hydrogens is 410 g/mol. The molecule has 0 aromatic heterocycles. The second-order valence-electron chi connectivity index (χ2n) is 8.29. The molecule has 1 spiro atoms. The molecule has 1 N–H and O–H groups in total. The summed E-state index contributed by atoms with van der Waals surface area (Å²) in [6.45, 7) is 1.74. The summed E-state index contributed by atoms with van der Waals surface area (Å²) in [5.41, 5.74) is 2.70. The lowest BCUT2D eigenvalue weighted by molar-refractivity contribution is -0.124. The van der Waals surface area contributed by atoms with Crippen LogP contribution in [0.4, 0.5) is 0 Å². The van der Waals surface area contributed by atoms with Gasteiger partial charge in [-0.15, -0.1) is 0 Å². The zero-order valence-electron chi connectivity index (χ0n) is 18.9. The summed E-state index contributed by atoms with van der Waals surface area (Å²) in [5.74, 6) is 2.15. The van der Waals surface area contributed by atoms with Gasteiger partial charge in [-0.25, -0.2) is 0 Å². The van der Waals surface area contributed by atoms with Crippen molar-refractivity contribution in [1.29, 1.82) is 0 Å². The van der Waals surface area contributed by atoms with Gasteiger partial charge in [-0.3, -0.25) is 4.79 Å². The molecule has 0 aliphatic carbocycles. The first-order chi connectivity index (χ1) is 15.6. The number of carbonyl (C=O) groups excluding carboxylic acids is 1. The molecule has 0 bridgehead atoms. The van der Waals surface area contributed by atoms with Gasteiger partial charge in [0.2, 0.25) is 5.91 Å². The molecule has 1 amide bonds. The largest absolute Gasteiger partial charge is 0.493 e. The lowest BCUT2D eigenvalue weighted by atomic mass is 9.81. The Morgan fingerprint density at radius 2 is 1.75 bits per heavy atom. The number of carbonyl (C=O) groups is 1. The minimum atomic E-state index is -0.310. The maximum Gasteiger partial charge on any atom is 0.222 e. The second-order valence-corrected chi connectivity index (χ2v) is 8.29. The Morgan fingerprint density at radius 3 is 2.47 bits per heavy atom. The highest BCUT2D eigenvalue weighted by molar-refractivity contribution is 5.77. The number of hydrogen-bond donors (Lipinski definition) is 1. The molecule has 1 unspecified atom stereocenters. The van der Waals surface area contributed by atoms with E-state index in [1.165, 1.54) is 0 Å². The van der Waals surface area contributed by atoms with Crippen molar-refractivity contribution in [3.8, 4) is 28.4 Å². The lowest BCUT2D eigenvalue weighted by Crippen LogP contribution is -2.48. The molecule has 2 aromatic rings. The van der Waals surface area contributed by atoms with Gasteiger partial charge < -0.3 is 29.0 Å². The van der Waals surface area contributed by atoms with Gasteiger partial charge in [-0.2, -0.15) is 0 Å². The SMILES string of the molecule is COCCC(=O)NC1CC2(CCOCC2)Oc2ccc(-c3ccc(OC)c(OC)c3)cc21. The molecule has 1 fully saturated rings. The Hall–Kier alpha value is -2.77. The number of nitrogens with one attached hydrogen (secondary N) is 1. The maximum atomic E-state index is 12.6. The van der Waals surface area contributed by atoms with Crippen molar-refractivity contribution >= 4 is 5.91 Å². The predicted molar refractivity (Wildman–Crippen MR) is 120 cm³/mol. The van der Waals surface area contributed by atoms with Crippen LogP contribution in [0.25, 0.3) is 11.1 Å². The van der Waals surface area contributed by atoms with Crippen LogP contribution in [0.3, 0.4) is 0 Å². The maximum absolute atomic E-state index is 12.6. The van der Waals surface area contributed by atoms with E-state index in [0.29, 0.717) is 37.7 Å². The minimum absolute atomic E-state index is 0.0246. The van der Waals surface area contributed by atoms with Gasteiger partial charge in [0, 0.05) is 38.4 Å². The van der Waals surface area contributed by atoms with E-state index in [1.807, 2.05) is 30.3 Å². The quantitative estimate of drug-likeness (QED) is 0.703. The molecule has 7 heteroatoms. The van der Waals surface area contributed by atoms with Crippen molar-refractivity contribution in [3.05, 3.63) is 42.0 Å². The molecule has 2 aliphatic heterocycles. The first-order valence-electron chi connectivity index (χ1n) is 11.0. The summed E-state index contributed by atoms with van der Waals surface area (Å²) in [4.78, 5) is 12.6. The third-order valence-corrected chi connectivity index (χ3v) is 6.28. The Labute approximate surface area is 189 Å². The Morgan fingerprint density at radius 1 is 1.03 bits per heavy atom. The fourth-order valence-corrected chi connectivity index (χ4v) is 4.51. The average molecular weight is 442 g/mol. The van der Waals surface area contributed by atoms with Crippen LogP contribution in [-0.4, -0.2) is 52.7 Å². The first kappa shape index (κ1) is 22.4. The standard InChI is InChI=1S/C25H31NO6/c1-28-11-8-24(27)26-20-16-25(9-12-31-13-10-25)32-21-6-4-17(14-19(20)21)18-5-7-22(29-2)23(15-18)30-3/h4-7,14-15,20H,8-13,16H2,1-3H3,(H,26,27). The summed E-state index contributed by atoms with van der Waals surface area (Å²) in [7, 11) is 4.85. The van der Waals surface area contributed by atoms with E-state index < -0.39 is 0 Å². The first-order valence-corrected chi connectivity index (χ1v) is 11.0. The number of hydrogen-bond acceptors (Lipinski definition) is 6. The van der Waals surface area contributed by atoms with E-state index in [4.69, 9.17) is 23.7 Å². The van der Waals surface area contributed by atoms with Crippen LogP contribution in [0.2, 0.25) is 0 Å². The fourth-order valence-electron chi connectivity index (χ4n) is 4.51. The van der Waals surface area contributed by atoms with Crippen LogP contribution < -0.4 is 19.5 Å². The highest BCUT2D eigenvalue weighted by Crippen LogP contribution is 2.45. The molecule has 7 nitrogen and oxygen atoms in total. The lowest BCUT2D eigenvalue weighted by Gasteiger charge is -2.44. The van der Waals surface area contributed by atoms with E-state index in [2.05, 4.69) is 11.4 Å². The van der Waals surface area contributed by atoms with Crippen molar-refractivity contribution in [1.82, 2.24) is 5.32 Å². The third-order valence-electron chi connectivity index (χ3n) is 6.28. The molecule has 4 rings (SSSR count). The number of ether oxygens (including phenoxy) is 5. The Balaban J connectivity index is 1.68. The van der Waals surface area contributed by atoms with Crippen LogP contribution in [0.5, 0.6) is 17.2 Å². The molecule has 2 aromatic carbocycles. The normalized spacial score (nSPS) is 19.0. The van der Waals surface area contributed by atoms with Crippen LogP contribution >= 0.6 is 0 Å². The van der Waals surface area contributed by atoms with E-state index in [-0.39, 0.29) is 17.6 Å². The summed E-state index contributed by atoms with van der Waals surface area (Å²) in [6, 6.07) is 11.9. The molecule has 2 heterocycles. The fraction of sp³-hybridized carbons (Fsp3) is 0.480. The average Bonchev–Trinajstić information content (AvgIpc) is 2.82. The van der Waals surface area contributed by atoms with Crippen molar-refractivity contribution in [2.24, 2.45) is 0 Å². The van der Waals surface area contributed by atoms with E-state index in [9.17, 15) is 4.79 Å². The number of amides is 1. The van der Waals surface area contributed by atoms with Gasteiger partial charge in [-0.1, -0.05) is 12.1 Å². The molecule has 172 valence electrons. The highest BCUT2D eigenvalue weighted by atomic mass is 16.5. The van der Waals surface area contributed by atoms with E-state index in [1.54, 1.807) is 21.3 Å². The number of benzene rings is 2. The van der Waals surface area contributed by atoms with Gasteiger partial charge in [0.15, 0.2) is 11.5 Å². The van der Waals surface area contributed by atoms with Gasteiger partial charge >= 0.3 is 0 Å². The smallest absolute Gasteiger partial charge is 0.222 e. The van der Waals surface area contributed by atoms with Crippen LogP contribution in [0.15, 0.2) is 36.4 Å². The van der Waals surface area contributed by atoms with Crippen molar-refractivity contribution < 1.29 is 28.5 Å². The van der Waals surface area contributed by atoms with E-state index >= 15 is 0 Å². The minimum Gasteiger partial charge on any atom is -0.493 e. The second kappa shape index (κ2) is 9.79. The van der Waals surface area contributed by atoms with Crippen molar-refractivity contribution in [2.75, 3.05) is 41.2 Å². The van der Waals surface area contributed by atoms with Crippen molar-refractivity contribution in [2.45, 2.75) is 37.3 Å². The molecule has 1 saturated heterocycles. The zero-order chi connectivity index (χ0) is 22.6. The third kappa shape index (κ3) is 4.69. The Bertz CT molecular complexity index is 953. The van der Waals surface area contributed by atoms with Gasteiger partial charge in [0.25, 0.3) is 0 Å². The molecule has 1 atom stereocenters. The number of fused-ring (bicyclic) bond motifs is 1. The summed E-state index contributed by atoms with van der Waals surface area (Å²) >= 11 is 0. The topological polar surface area (TPSA) is 75.3 Å². The van der Waals surface area contributed by atoms with Gasteiger partial charge in [0.05, 0.1) is 40.1 Å². The van der Waals surface area contributed by atoms with Crippen molar-refractivity contribution in [3.63, 3.8) is 0 Å². The van der Waals surface area contributed by atoms with Gasteiger partial charge in [-0.05, 0) is 35.4 Å². The molecule has 0 saturated carbocycles. The summed E-state index contributed by atoms with van der Waals surface area (Å²) in [6.07, 6.45) is 2.68. The van der Waals surface area contributed by atoms with E-state index in [0.717, 1.165) is 41.7 Å². The molecule has 0 radical (unpaired) electrons. The predicted octanol–water partition coefficient (Wildman–Crippen LogP) is 3.90. The summed E-state index contributed by atoms with van der Waals surface area (Å²) < 4.78 is 28.0. The monoisotopic (exact) mass is 441 g/mol.